The Balaban J connectivity index is 1.12. The molecule has 11 heteroatoms. The lowest BCUT2D eigenvalue weighted by Crippen LogP contribution is -2.51. The number of hydrogen-bond donors (Lipinski definition) is 1. The van der Waals surface area contributed by atoms with E-state index in [4.69, 9.17) is 4.74 Å². The molecule has 0 bridgehead atoms. The molecule has 3 fully saturated rings. The highest BCUT2D eigenvalue weighted by molar-refractivity contribution is 5.85. The second-order valence-corrected chi connectivity index (χ2v) is 11.5. The van der Waals surface area contributed by atoms with Crippen molar-refractivity contribution in [3.05, 3.63) is 47.1 Å². The van der Waals surface area contributed by atoms with E-state index in [2.05, 4.69) is 10.1 Å². The highest BCUT2D eigenvalue weighted by Crippen LogP contribution is 2.47. The molecule has 1 N–H and O–H groups in total. The molecule has 0 atom stereocenters. The molecule has 0 spiro atoms. The third-order valence-electron chi connectivity index (χ3n) is 8.26. The van der Waals surface area contributed by atoms with Crippen molar-refractivity contribution in [1.29, 1.82) is 0 Å². The van der Waals surface area contributed by atoms with Crippen molar-refractivity contribution >= 4 is 16.9 Å². The van der Waals surface area contributed by atoms with Gasteiger partial charge in [0.05, 0.1) is 30.6 Å². The Kier molecular flexibility index (Phi) is 5.82. The zero-order valence-corrected chi connectivity index (χ0v) is 21.3. The average Bonchev–Trinajstić information content (AvgIpc) is 3.48. The maximum atomic E-state index is 13.2. The zero-order chi connectivity index (χ0) is 26.7. The Morgan fingerprint density at radius 2 is 1.82 bits per heavy atom. The smallest absolute Gasteiger partial charge is 0.264 e. The second-order valence-electron chi connectivity index (χ2n) is 11.5. The summed E-state index contributed by atoms with van der Waals surface area (Å²) in [4.78, 5) is 32.1. The van der Waals surface area contributed by atoms with E-state index < -0.39 is 11.5 Å². The highest BCUT2D eigenvalue weighted by Gasteiger charge is 2.48. The molecule has 1 saturated heterocycles. The van der Waals surface area contributed by atoms with Crippen molar-refractivity contribution in [2.45, 2.75) is 63.5 Å². The van der Waals surface area contributed by atoms with Crippen LogP contribution in [0.3, 0.4) is 0 Å². The third kappa shape index (κ3) is 4.68. The first-order valence-electron chi connectivity index (χ1n) is 13.1. The summed E-state index contributed by atoms with van der Waals surface area (Å²) in [6.45, 7) is 3.28. The molecule has 2 aliphatic carbocycles. The fraction of sp³-hybridized carbons (Fsp3) is 0.556. The van der Waals surface area contributed by atoms with Crippen molar-refractivity contribution < 1.29 is 23.4 Å². The molecule has 0 unspecified atom stereocenters. The van der Waals surface area contributed by atoms with E-state index >= 15 is 0 Å². The number of likely N-dealkylation sites (tertiary alicyclic amines) is 1. The molecule has 2 aromatic heterocycles. The Hall–Kier alpha value is -3.34. The SMILES string of the molecule is CC1(C(=O)N2CCC(O)(Cn3cnc4c(cnn4-c4ccc(OCC5CC(F)(F)C5)cc4)c3=O)CC2)CC1. The van der Waals surface area contributed by atoms with Crippen molar-refractivity contribution in [2.24, 2.45) is 11.3 Å². The van der Waals surface area contributed by atoms with Gasteiger partial charge in [-0.25, -0.2) is 18.4 Å². The molecule has 3 heterocycles. The van der Waals surface area contributed by atoms with Gasteiger partial charge < -0.3 is 14.7 Å². The molecule has 1 aromatic carbocycles. The summed E-state index contributed by atoms with van der Waals surface area (Å²) in [6.07, 6.45) is 5.25. The van der Waals surface area contributed by atoms with Crippen LogP contribution in [0.25, 0.3) is 16.7 Å². The van der Waals surface area contributed by atoms with Gasteiger partial charge in [0.25, 0.3) is 5.56 Å². The van der Waals surface area contributed by atoms with Crippen LogP contribution in [0.2, 0.25) is 0 Å². The molecular formula is C27H31F2N5O4. The molecule has 3 aliphatic rings. The number of benzene rings is 1. The molecule has 202 valence electrons. The number of carbonyl (C=O) groups is 1. The number of hydrogen-bond acceptors (Lipinski definition) is 6. The maximum Gasteiger partial charge on any atom is 0.264 e. The highest BCUT2D eigenvalue weighted by atomic mass is 19.3. The largest absolute Gasteiger partial charge is 0.493 e. The van der Waals surface area contributed by atoms with E-state index in [0.717, 1.165) is 12.8 Å². The predicted molar refractivity (Wildman–Crippen MR) is 134 cm³/mol. The fourth-order valence-electron chi connectivity index (χ4n) is 5.43. The van der Waals surface area contributed by atoms with Gasteiger partial charge in [-0.1, -0.05) is 6.92 Å². The molecular weight excluding hydrogens is 496 g/mol. The molecule has 1 aliphatic heterocycles. The van der Waals surface area contributed by atoms with E-state index in [0.29, 0.717) is 48.4 Å². The summed E-state index contributed by atoms with van der Waals surface area (Å²) < 4.78 is 34.6. The number of nitrogens with zero attached hydrogens (tertiary/aromatic N) is 5. The molecule has 3 aromatic rings. The lowest BCUT2D eigenvalue weighted by atomic mass is 9.82. The lowest BCUT2D eigenvalue weighted by molar-refractivity contribution is -0.141. The van der Waals surface area contributed by atoms with Crippen LogP contribution in [-0.2, 0) is 11.3 Å². The number of carbonyl (C=O) groups excluding carboxylic acids is 1. The van der Waals surface area contributed by atoms with Crippen molar-refractivity contribution in [3.63, 3.8) is 0 Å². The minimum absolute atomic E-state index is 0.0955. The topological polar surface area (TPSA) is 102 Å². The lowest BCUT2D eigenvalue weighted by Gasteiger charge is -2.39. The predicted octanol–water partition coefficient (Wildman–Crippen LogP) is 3.16. The van der Waals surface area contributed by atoms with Crippen LogP contribution in [0.5, 0.6) is 5.75 Å². The number of aliphatic hydroxyl groups is 1. The molecule has 0 radical (unpaired) electrons. The molecule has 38 heavy (non-hydrogen) atoms. The number of piperidine rings is 1. The number of halogens is 2. The van der Waals surface area contributed by atoms with E-state index in [-0.39, 0.29) is 48.8 Å². The van der Waals surface area contributed by atoms with Gasteiger partial charge in [-0.05, 0) is 49.9 Å². The van der Waals surface area contributed by atoms with Crippen LogP contribution >= 0.6 is 0 Å². The number of aromatic nitrogens is 4. The standard InChI is InChI=1S/C27H31F2N5O4/c1-25(6-7-25)24(36)32-10-8-26(37,9-11-32)16-33-17-30-22-21(23(33)35)14-31-34(22)19-2-4-20(5-3-19)38-15-18-12-27(28,29)13-18/h2-5,14,17-18,37H,6-13,15-16H2,1H3. The monoisotopic (exact) mass is 527 g/mol. The Labute approximate surface area is 218 Å². The van der Waals surface area contributed by atoms with Gasteiger partial charge in [0.15, 0.2) is 5.65 Å². The number of ether oxygens (including phenoxy) is 1. The summed E-state index contributed by atoms with van der Waals surface area (Å²) >= 11 is 0. The summed E-state index contributed by atoms with van der Waals surface area (Å²) in [5.74, 6) is -1.96. The number of fused-ring (bicyclic) bond motifs is 1. The van der Waals surface area contributed by atoms with Gasteiger partial charge >= 0.3 is 0 Å². The Morgan fingerprint density at radius 3 is 2.45 bits per heavy atom. The zero-order valence-electron chi connectivity index (χ0n) is 21.3. The summed E-state index contributed by atoms with van der Waals surface area (Å²) in [6, 6.07) is 7.00. The van der Waals surface area contributed by atoms with E-state index in [1.807, 2.05) is 11.8 Å². The Morgan fingerprint density at radius 1 is 1.13 bits per heavy atom. The van der Waals surface area contributed by atoms with Gasteiger partial charge in [0.2, 0.25) is 11.8 Å². The van der Waals surface area contributed by atoms with Crippen LogP contribution in [0.1, 0.15) is 45.4 Å². The van der Waals surface area contributed by atoms with Crippen molar-refractivity contribution in [3.8, 4) is 11.4 Å². The first kappa shape index (κ1) is 25.0. The van der Waals surface area contributed by atoms with Crippen molar-refractivity contribution in [2.75, 3.05) is 19.7 Å². The first-order valence-corrected chi connectivity index (χ1v) is 13.1. The van der Waals surface area contributed by atoms with Gasteiger partial charge in [0, 0.05) is 37.3 Å². The van der Waals surface area contributed by atoms with Crippen LogP contribution in [0.4, 0.5) is 8.78 Å². The van der Waals surface area contributed by atoms with Crippen LogP contribution < -0.4 is 10.3 Å². The minimum atomic E-state index is -2.56. The fourth-order valence-corrected chi connectivity index (χ4v) is 5.43. The second kappa shape index (κ2) is 8.86. The summed E-state index contributed by atoms with van der Waals surface area (Å²) in [5, 5.41) is 15.8. The minimum Gasteiger partial charge on any atom is -0.493 e. The average molecular weight is 528 g/mol. The first-order chi connectivity index (χ1) is 18.0. The summed E-state index contributed by atoms with van der Waals surface area (Å²) in [7, 11) is 0. The summed E-state index contributed by atoms with van der Waals surface area (Å²) in [5.41, 5.74) is -0.558. The number of rotatable bonds is 7. The van der Waals surface area contributed by atoms with Crippen molar-refractivity contribution in [1.82, 2.24) is 24.2 Å². The number of alkyl halides is 2. The van der Waals surface area contributed by atoms with Gasteiger partial charge in [-0.2, -0.15) is 5.10 Å². The van der Waals surface area contributed by atoms with E-state index in [9.17, 15) is 23.5 Å². The normalized spacial score (nSPS) is 21.7. The van der Waals surface area contributed by atoms with Gasteiger partial charge in [0.1, 0.15) is 17.5 Å². The van der Waals surface area contributed by atoms with Crippen LogP contribution in [-0.4, -0.2) is 66.5 Å². The van der Waals surface area contributed by atoms with Gasteiger partial charge in [-0.15, -0.1) is 0 Å². The third-order valence-corrected chi connectivity index (χ3v) is 8.26. The van der Waals surface area contributed by atoms with E-state index in [1.165, 1.54) is 17.1 Å². The molecule has 9 nitrogen and oxygen atoms in total. The van der Waals surface area contributed by atoms with Crippen LogP contribution in [0, 0.1) is 11.3 Å². The van der Waals surface area contributed by atoms with Gasteiger partial charge in [-0.3, -0.25) is 14.2 Å². The molecule has 1 amide bonds. The molecule has 6 rings (SSSR count). The Bertz CT molecular complexity index is 1410. The van der Waals surface area contributed by atoms with Crippen LogP contribution in [0.15, 0.2) is 41.6 Å². The number of amides is 1. The molecule has 2 saturated carbocycles. The van der Waals surface area contributed by atoms with E-state index in [1.54, 1.807) is 28.9 Å². The maximum absolute atomic E-state index is 13.2. The quantitative estimate of drug-likeness (QED) is 0.507.